The largest absolute Gasteiger partial charge is 0.506 e. The van der Waals surface area contributed by atoms with E-state index in [0.717, 1.165) is 5.52 Å². The number of para-hydroxylation sites is 2. The number of esters is 1. The summed E-state index contributed by atoms with van der Waals surface area (Å²) in [5.74, 6) is -0.554. The number of fused-ring (bicyclic) bond motifs is 1. The SMILES string of the molecule is COC(=O)C(=C(O)c1ccccc1)c1nc2ccccc2[nH]1. The highest BCUT2D eigenvalue weighted by molar-refractivity contribution is 6.22. The van der Waals surface area contributed by atoms with Crippen molar-refractivity contribution < 1.29 is 14.6 Å². The van der Waals surface area contributed by atoms with Crippen molar-refractivity contribution in [3.8, 4) is 0 Å². The van der Waals surface area contributed by atoms with E-state index in [4.69, 9.17) is 4.74 Å². The topological polar surface area (TPSA) is 75.2 Å². The number of methoxy groups -OCH3 is 1. The number of nitrogens with zero attached hydrogens (tertiary/aromatic N) is 1. The van der Waals surface area contributed by atoms with Crippen molar-refractivity contribution in [1.29, 1.82) is 0 Å². The van der Waals surface area contributed by atoms with E-state index >= 15 is 0 Å². The maximum atomic E-state index is 12.1. The lowest BCUT2D eigenvalue weighted by Gasteiger charge is -2.07. The second-order valence-corrected chi connectivity index (χ2v) is 4.68. The molecule has 5 heteroatoms. The molecule has 0 atom stereocenters. The number of H-pyrrole nitrogens is 1. The van der Waals surface area contributed by atoms with Gasteiger partial charge < -0.3 is 14.8 Å². The van der Waals surface area contributed by atoms with E-state index in [9.17, 15) is 9.90 Å². The first kappa shape index (κ1) is 13.9. The van der Waals surface area contributed by atoms with Crippen LogP contribution in [0.3, 0.4) is 0 Å². The van der Waals surface area contributed by atoms with Gasteiger partial charge in [-0.05, 0) is 12.1 Å². The summed E-state index contributed by atoms with van der Waals surface area (Å²) in [6.45, 7) is 0. The van der Waals surface area contributed by atoms with Crippen molar-refractivity contribution >= 4 is 28.3 Å². The molecule has 0 aliphatic heterocycles. The number of aromatic nitrogens is 2. The Hall–Kier alpha value is -3.08. The second kappa shape index (κ2) is 5.73. The summed E-state index contributed by atoms with van der Waals surface area (Å²) < 4.78 is 4.79. The quantitative estimate of drug-likeness (QED) is 0.442. The Morgan fingerprint density at radius 1 is 1.09 bits per heavy atom. The highest BCUT2D eigenvalue weighted by Crippen LogP contribution is 2.25. The number of carbonyl (C=O) groups excluding carboxylic acids is 1. The molecule has 0 bridgehead atoms. The van der Waals surface area contributed by atoms with Gasteiger partial charge in [0.15, 0.2) is 0 Å². The van der Waals surface area contributed by atoms with Gasteiger partial charge in [0.05, 0.1) is 18.1 Å². The number of carbonyl (C=O) groups is 1. The third kappa shape index (κ3) is 2.44. The average molecular weight is 294 g/mol. The molecule has 0 saturated heterocycles. The van der Waals surface area contributed by atoms with E-state index in [2.05, 4.69) is 9.97 Å². The zero-order chi connectivity index (χ0) is 15.5. The molecule has 3 aromatic rings. The Kier molecular flexibility index (Phi) is 3.62. The summed E-state index contributed by atoms with van der Waals surface area (Å²) in [4.78, 5) is 19.5. The highest BCUT2D eigenvalue weighted by Gasteiger charge is 2.22. The highest BCUT2D eigenvalue weighted by atomic mass is 16.5. The number of ether oxygens (including phenoxy) is 1. The lowest BCUT2D eigenvalue weighted by Crippen LogP contribution is -2.08. The van der Waals surface area contributed by atoms with E-state index in [-0.39, 0.29) is 17.2 Å². The number of aliphatic hydroxyl groups is 1. The van der Waals surface area contributed by atoms with Crippen molar-refractivity contribution in [2.24, 2.45) is 0 Å². The predicted molar refractivity (Wildman–Crippen MR) is 84.0 cm³/mol. The summed E-state index contributed by atoms with van der Waals surface area (Å²) in [6.07, 6.45) is 0. The number of imidazole rings is 1. The minimum absolute atomic E-state index is 0.00454. The zero-order valence-electron chi connectivity index (χ0n) is 11.9. The molecular formula is C17H14N2O3. The van der Waals surface area contributed by atoms with Crippen LogP contribution in [-0.2, 0) is 9.53 Å². The minimum atomic E-state index is -0.652. The molecule has 0 aliphatic carbocycles. The third-order valence-electron chi connectivity index (χ3n) is 3.30. The molecule has 1 heterocycles. The van der Waals surface area contributed by atoms with Gasteiger partial charge in [-0.15, -0.1) is 0 Å². The van der Waals surface area contributed by atoms with Crippen LogP contribution in [0.5, 0.6) is 0 Å². The van der Waals surface area contributed by atoms with E-state index in [1.165, 1.54) is 7.11 Å². The fourth-order valence-electron chi connectivity index (χ4n) is 2.22. The molecule has 0 fully saturated rings. The summed E-state index contributed by atoms with van der Waals surface area (Å²) in [7, 11) is 1.27. The van der Waals surface area contributed by atoms with E-state index < -0.39 is 5.97 Å². The number of hydrogen-bond acceptors (Lipinski definition) is 4. The van der Waals surface area contributed by atoms with Gasteiger partial charge in [0, 0.05) is 5.56 Å². The molecular weight excluding hydrogens is 280 g/mol. The maximum absolute atomic E-state index is 12.1. The Balaban J connectivity index is 2.20. The van der Waals surface area contributed by atoms with Gasteiger partial charge in [-0.3, -0.25) is 0 Å². The van der Waals surface area contributed by atoms with E-state index in [1.54, 1.807) is 24.3 Å². The fourth-order valence-corrected chi connectivity index (χ4v) is 2.22. The molecule has 22 heavy (non-hydrogen) atoms. The van der Waals surface area contributed by atoms with Crippen LogP contribution in [0, 0.1) is 0 Å². The second-order valence-electron chi connectivity index (χ2n) is 4.68. The Bertz CT molecular complexity index is 817. The molecule has 0 unspecified atom stereocenters. The lowest BCUT2D eigenvalue weighted by molar-refractivity contribution is -0.133. The Morgan fingerprint density at radius 3 is 2.45 bits per heavy atom. The van der Waals surface area contributed by atoms with Crippen LogP contribution in [0.4, 0.5) is 0 Å². The standard InChI is InChI=1S/C17H14N2O3/c1-22-17(21)14(15(20)11-7-3-2-4-8-11)16-18-12-9-5-6-10-13(12)19-16/h2-10,20H,1H3,(H,18,19). The number of hydrogen-bond donors (Lipinski definition) is 2. The third-order valence-corrected chi connectivity index (χ3v) is 3.30. The molecule has 2 aromatic carbocycles. The van der Waals surface area contributed by atoms with Crippen molar-refractivity contribution in [3.05, 3.63) is 66.0 Å². The average Bonchev–Trinajstić information content (AvgIpc) is 2.99. The van der Waals surface area contributed by atoms with Crippen molar-refractivity contribution in [2.75, 3.05) is 7.11 Å². The zero-order valence-corrected chi connectivity index (χ0v) is 11.9. The fraction of sp³-hybridized carbons (Fsp3) is 0.0588. The first-order valence-electron chi connectivity index (χ1n) is 6.73. The van der Waals surface area contributed by atoms with Crippen LogP contribution in [-0.4, -0.2) is 28.2 Å². The van der Waals surface area contributed by atoms with Gasteiger partial charge in [-0.25, -0.2) is 9.78 Å². The van der Waals surface area contributed by atoms with Crippen LogP contribution < -0.4 is 0 Å². The number of benzene rings is 2. The smallest absolute Gasteiger partial charge is 0.345 e. The summed E-state index contributed by atoms with van der Waals surface area (Å²) in [5.41, 5.74) is 2.01. The normalized spacial score (nSPS) is 12.0. The van der Waals surface area contributed by atoms with E-state index in [1.807, 2.05) is 30.3 Å². The van der Waals surface area contributed by atoms with Gasteiger partial charge >= 0.3 is 5.97 Å². The van der Waals surface area contributed by atoms with Gasteiger partial charge in [-0.2, -0.15) is 0 Å². The molecule has 0 amide bonds. The summed E-state index contributed by atoms with van der Waals surface area (Å²) in [5, 5.41) is 10.5. The van der Waals surface area contributed by atoms with Crippen LogP contribution in [0.2, 0.25) is 0 Å². The molecule has 0 radical (unpaired) electrons. The van der Waals surface area contributed by atoms with E-state index in [0.29, 0.717) is 11.1 Å². The molecule has 0 spiro atoms. The van der Waals surface area contributed by atoms with Crippen LogP contribution in [0.15, 0.2) is 54.6 Å². The van der Waals surface area contributed by atoms with Crippen molar-refractivity contribution in [3.63, 3.8) is 0 Å². The molecule has 0 aliphatic rings. The Labute approximate surface area is 126 Å². The van der Waals surface area contributed by atoms with Gasteiger partial charge in [0.1, 0.15) is 17.2 Å². The minimum Gasteiger partial charge on any atom is -0.506 e. The first-order valence-corrected chi connectivity index (χ1v) is 6.73. The predicted octanol–water partition coefficient (Wildman–Crippen LogP) is 3.16. The molecule has 5 nitrogen and oxygen atoms in total. The molecule has 110 valence electrons. The number of rotatable bonds is 3. The molecule has 3 rings (SSSR count). The molecule has 0 saturated carbocycles. The number of aliphatic hydroxyl groups excluding tert-OH is 1. The van der Waals surface area contributed by atoms with Crippen LogP contribution in [0.1, 0.15) is 11.4 Å². The lowest BCUT2D eigenvalue weighted by atomic mass is 10.1. The summed E-state index contributed by atoms with van der Waals surface area (Å²) >= 11 is 0. The summed E-state index contributed by atoms with van der Waals surface area (Å²) in [6, 6.07) is 16.2. The number of aromatic amines is 1. The Morgan fingerprint density at radius 2 is 1.77 bits per heavy atom. The molecule has 1 aromatic heterocycles. The van der Waals surface area contributed by atoms with Gasteiger partial charge in [-0.1, -0.05) is 42.5 Å². The maximum Gasteiger partial charge on any atom is 0.345 e. The molecule has 2 N–H and O–H groups in total. The number of nitrogens with one attached hydrogen (secondary N) is 1. The van der Waals surface area contributed by atoms with Gasteiger partial charge in [0.2, 0.25) is 0 Å². The van der Waals surface area contributed by atoms with Crippen LogP contribution in [0.25, 0.3) is 22.4 Å². The van der Waals surface area contributed by atoms with Crippen molar-refractivity contribution in [2.45, 2.75) is 0 Å². The van der Waals surface area contributed by atoms with Crippen LogP contribution >= 0.6 is 0 Å². The first-order chi connectivity index (χ1) is 10.7. The monoisotopic (exact) mass is 294 g/mol. The van der Waals surface area contributed by atoms with Gasteiger partial charge in [0.25, 0.3) is 0 Å². The van der Waals surface area contributed by atoms with Crippen molar-refractivity contribution in [1.82, 2.24) is 9.97 Å².